The molecule has 2 rings (SSSR count). The molecule has 0 aliphatic rings. The van der Waals surface area contributed by atoms with Gasteiger partial charge in [-0.15, -0.1) is 0 Å². The summed E-state index contributed by atoms with van der Waals surface area (Å²) in [4.78, 5) is 0. The molecule has 0 saturated heterocycles. The van der Waals surface area contributed by atoms with E-state index in [1.807, 2.05) is 23.9 Å². The molecule has 19 heavy (non-hydrogen) atoms. The lowest BCUT2D eigenvalue weighted by atomic mass is 10.2. The van der Waals surface area contributed by atoms with Crippen LogP contribution < -0.4 is 0 Å². The van der Waals surface area contributed by atoms with Crippen LogP contribution in [-0.2, 0) is 31.4 Å². The van der Waals surface area contributed by atoms with E-state index < -0.39 is 0 Å². The second kappa shape index (κ2) is 6.68. The fraction of sp³-hybridized carbons (Fsp3) is 0.357. The van der Waals surface area contributed by atoms with E-state index in [9.17, 15) is 0 Å². The van der Waals surface area contributed by atoms with Gasteiger partial charge in [-0.1, -0.05) is 35.0 Å². The summed E-state index contributed by atoms with van der Waals surface area (Å²) in [5.74, 6) is 0. The zero-order chi connectivity index (χ0) is 13.8. The highest BCUT2D eigenvalue weighted by atomic mass is 79.9. The van der Waals surface area contributed by atoms with Crippen molar-refractivity contribution in [3.8, 4) is 0 Å². The number of nitrogens with zero attached hydrogens (tertiary/aromatic N) is 2. The van der Waals surface area contributed by atoms with E-state index in [2.05, 4.69) is 56.0 Å². The van der Waals surface area contributed by atoms with Crippen molar-refractivity contribution in [2.45, 2.75) is 26.6 Å². The lowest BCUT2D eigenvalue weighted by Gasteiger charge is -2.06. The molecular weight excluding hydrogens is 372 g/mol. The molecule has 2 aromatic rings. The highest BCUT2D eigenvalue weighted by Crippen LogP contribution is 2.22. The van der Waals surface area contributed by atoms with Crippen LogP contribution in [0.15, 0.2) is 33.2 Å². The summed E-state index contributed by atoms with van der Waals surface area (Å²) in [5, 5.41) is 4.45. The van der Waals surface area contributed by atoms with Gasteiger partial charge in [0.25, 0.3) is 0 Å². The van der Waals surface area contributed by atoms with Gasteiger partial charge in [0.2, 0.25) is 0 Å². The lowest BCUT2D eigenvalue weighted by Crippen LogP contribution is -2.02. The molecule has 1 aromatic heterocycles. The van der Waals surface area contributed by atoms with Crippen LogP contribution in [0.2, 0.25) is 0 Å². The summed E-state index contributed by atoms with van der Waals surface area (Å²) in [6.07, 6.45) is 0.918. The van der Waals surface area contributed by atoms with Crippen LogP contribution in [0.5, 0.6) is 0 Å². The Morgan fingerprint density at radius 2 is 1.84 bits per heavy atom. The third kappa shape index (κ3) is 3.68. The average molecular weight is 388 g/mol. The second-order valence-corrected chi connectivity index (χ2v) is 6.01. The summed E-state index contributed by atoms with van der Waals surface area (Å²) in [6.45, 7) is 3.26. The molecule has 0 atom stereocenters. The number of benzene rings is 1. The molecule has 0 unspecified atom stereocenters. The minimum Gasteiger partial charge on any atom is -0.370 e. The molecule has 102 valence electrons. The Labute approximate surface area is 130 Å². The van der Waals surface area contributed by atoms with Gasteiger partial charge in [0.05, 0.1) is 29.1 Å². The first-order valence-corrected chi connectivity index (χ1v) is 7.72. The molecule has 1 aromatic carbocycles. The van der Waals surface area contributed by atoms with Crippen LogP contribution in [0.3, 0.4) is 0 Å². The summed E-state index contributed by atoms with van der Waals surface area (Å²) >= 11 is 7.01. The maximum absolute atomic E-state index is 5.76. The normalized spacial score (nSPS) is 10.9. The molecular formula is C14H16Br2N2O. The van der Waals surface area contributed by atoms with E-state index >= 15 is 0 Å². The Bertz CT molecular complexity index is 549. The second-order valence-electron chi connectivity index (χ2n) is 4.30. The number of ether oxygens (including phenoxy) is 1. The van der Waals surface area contributed by atoms with E-state index in [0.717, 1.165) is 32.3 Å². The van der Waals surface area contributed by atoms with Gasteiger partial charge in [-0.3, -0.25) is 4.68 Å². The Hall–Kier alpha value is -0.650. The van der Waals surface area contributed by atoms with Crippen molar-refractivity contribution < 1.29 is 4.74 Å². The summed E-state index contributed by atoms with van der Waals surface area (Å²) < 4.78 is 9.78. The number of hydrogen-bond donors (Lipinski definition) is 0. The van der Waals surface area contributed by atoms with Gasteiger partial charge in [-0.2, -0.15) is 5.10 Å². The fourth-order valence-corrected chi connectivity index (χ4v) is 2.82. The Kier molecular flexibility index (Phi) is 5.19. The molecule has 0 radical (unpaired) electrons. The Balaban J connectivity index is 1.96. The van der Waals surface area contributed by atoms with E-state index in [0.29, 0.717) is 13.2 Å². The number of halogens is 2. The molecule has 0 aliphatic carbocycles. The summed E-state index contributed by atoms with van der Waals surface area (Å²) in [7, 11) is 1.95. The molecule has 1 heterocycles. The van der Waals surface area contributed by atoms with E-state index in [-0.39, 0.29) is 0 Å². The van der Waals surface area contributed by atoms with E-state index in [4.69, 9.17) is 4.74 Å². The quantitative estimate of drug-likeness (QED) is 0.767. The number of rotatable bonds is 5. The zero-order valence-electron chi connectivity index (χ0n) is 11.0. The smallest absolute Gasteiger partial charge is 0.0900 e. The maximum Gasteiger partial charge on any atom is 0.0900 e. The number of hydrogen-bond acceptors (Lipinski definition) is 2. The zero-order valence-corrected chi connectivity index (χ0v) is 14.2. The Morgan fingerprint density at radius 3 is 2.42 bits per heavy atom. The average Bonchev–Trinajstić information content (AvgIpc) is 2.68. The Morgan fingerprint density at radius 1 is 1.16 bits per heavy atom. The number of aryl methyl sites for hydroxylation is 2. The molecule has 0 amide bonds. The minimum atomic E-state index is 0.556. The predicted molar refractivity (Wildman–Crippen MR) is 82.9 cm³/mol. The van der Waals surface area contributed by atoms with Crippen LogP contribution in [0.4, 0.5) is 0 Å². The summed E-state index contributed by atoms with van der Waals surface area (Å²) in [6, 6.07) is 8.15. The highest BCUT2D eigenvalue weighted by molar-refractivity contribution is 9.10. The van der Waals surface area contributed by atoms with Gasteiger partial charge in [0, 0.05) is 11.5 Å². The van der Waals surface area contributed by atoms with Gasteiger partial charge in [-0.05, 0) is 40.0 Å². The predicted octanol–water partition coefficient (Wildman–Crippen LogP) is 4.22. The molecule has 0 aliphatic heterocycles. The molecule has 0 N–H and O–H groups in total. The van der Waals surface area contributed by atoms with Crippen LogP contribution >= 0.6 is 31.9 Å². The highest BCUT2D eigenvalue weighted by Gasteiger charge is 2.12. The first-order chi connectivity index (χ1) is 9.11. The van der Waals surface area contributed by atoms with Crippen molar-refractivity contribution >= 4 is 31.9 Å². The topological polar surface area (TPSA) is 27.1 Å². The molecule has 0 bridgehead atoms. The van der Waals surface area contributed by atoms with Crippen molar-refractivity contribution in [1.29, 1.82) is 0 Å². The maximum atomic E-state index is 5.76. The van der Waals surface area contributed by atoms with Crippen molar-refractivity contribution in [3.63, 3.8) is 0 Å². The molecule has 0 fully saturated rings. The molecule has 5 heteroatoms. The number of aromatic nitrogens is 2. The van der Waals surface area contributed by atoms with Gasteiger partial charge in [-0.25, -0.2) is 0 Å². The van der Waals surface area contributed by atoms with E-state index in [1.54, 1.807) is 0 Å². The fourth-order valence-electron chi connectivity index (χ4n) is 1.82. The third-order valence-corrected chi connectivity index (χ3v) is 4.37. The van der Waals surface area contributed by atoms with Crippen molar-refractivity contribution in [1.82, 2.24) is 9.78 Å². The molecule has 0 saturated carbocycles. The van der Waals surface area contributed by atoms with Gasteiger partial charge in [0.1, 0.15) is 0 Å². The first kappa shape index (κ1) is 14.8. The van der Waals surface area contributed by atoms with Gasteiger partial charge in [0.15, 0.2) is 0 Å². The van der Waals surface area contributed by atoms with E-state index in [1.165, 1.54) is 0 Å². The van der Waals surface area contributed by atoms with Gasteiger partial charge < -0.3 is 4.74 Å². The first-order valence-electron chi connectivity index (χ1n) is 6.14. The van der Waals surface area contributed by atoms with Crippen molar-refractivity contribution in [3.05, 3.63) is 50.2 Å². The van der Waals surface area contributed by atoms with Gasteiger partial charge >= 0.3 is 0 Å². The largest absolute Gasteiger partial charge is 0.370 e. The van der Waals surface area contributed by atoms with Crippen LogP contribution in [0.1, 0.15) is 23.9 Å². The minimum absolute atomic E-state index is 0.556. The van der Waals surface area contributed by atoms with Crippen molar-refractivity contribution in [2.75, 3.05) is 0 Å². The lowest BCUT2D eigenvalue weighted by molar-refractivity contribution is 0.102. The van der Waals surface area contributed by atoms with Crippen LogP contribution in [0, 0.1) is 0 Å². The molecule has 3 nitrogen and oxygen atoms in total. The monoisotopic (exact) mass is 386 g/mol. The third-order valence-electron chi connectivity index (χ3n) is 2.92. The molecule has 0 spiro atoms. The van der Waals surface area contributed by atoms with Crippen LogP contribution in [0.25, 0.3) is 0 Å². The SMILES string of the molecule is CCc1nn(C)c(COCc2ccc(Br)cc2)c1Br. The van der Waals surface area contributed by atoms with Crippen molar-refractivity contribution in [2.24, 2.45) is 7.05 Å². The standard InChI is InChI=1S/C14H16Br2N2O/c1-3-12-14(16)13(18(2)17-12)9-19-8-10-4-6-11(15)7-5-10/h4-7H,3,8-9H2,1-2H3. The summed E-state index contributed by atoms with van der Waals surface area (Å²) in [5.41, 5.74) is 3.32. The van der Waals surface area contributed by atoms with Crippen LogP contribution in [-0.4, -0.2) is 9.78 Å².